The average molecular weight is 517 g/mol. The summed E-state index contributed by atoms with van der Waals surface area (Å²) in [7, 11) is 2.95. The van der Waals surface area contributed by atoms with Crippen molar-refractivity contribution in [2.45, 2.75) is 13.3 Å². The molecule has 8 nitrogen and oxygen atoms in total. The highest BCUT2D eigenvalue weighted by Crippen LogP contribution is 2.30. The molecule has 4 aromatic rings. The van der Waals surface area contributed by atoms with Crippen LogP contribution in [0.2, 0.25) is 0 Å². The van der Waals surface area contributed by atoms with Crippen molar-refractivity contribution >= 4 is 17.6 Å². The number of nitrogens with one attached hydrogen (secondary N) is 1. The highest BCUT2D eigenvalue weighted by molar-refractivity contribution is 6.02. The van der Waals surface area contributed by atoms with E-state index in [1.807, 2.05) is 37.3 Å². The van der Waals surface area contributed by atoms with Crippen molar-refractivity contribution in [3.8, 4) is 28.4 Å². The summed E-state index contributed by atoms with van der Waals surface area (Å²) in [5.74, 6) is -0.0677. The van der Waals surface area contributed by atoms with E-state index < -0.39 is 5.91 Å². The molecule has 0 atom stereocenters. The third-order valence-corrected chi connectivity index (χ3v) is 5.87. The van der Waals surface area contributed by atoms with Crippen LogP contribution in [-0.4, -0.2) is 53.8 Å². The van der Waals surface area contributed by atoms with Crippen molar-refractivity contribution in [3.05, 3.63) is 90.2 Å². The average Bonchev–Trinajstić information content (AvgIpc) is 3.36. The van der Waals surface area contributed by atoms with E-state index in [1.54, 1.807) is 36.4 Å². The first-order valence-electron chi connectivity index (χ1n) is 12.2. The minimum atomic E-state index is -0.413. The van der Waals surface area contributed by atoms with Gasteiger partial charge in [-0.25, -0.2) is 9.07 Å². The van der Waals surface area contributed by atoms with Crippen LogP contribution in [0.3, 0.4) is 0 Å². The molecule has 196 valence electrons. The van der Waals surface area contributed by atoms with Gasteiger partial charge in [-0.05, 0) is 42.8 Å². The Labute approximate surface area is 220 Å². The number of carbonyl (C=O) groups is 2. The Bertz CT molecular complexity index is 1380. The second-order valence-corrected chi connectivity index (χ2v) is 8.48. The number of aromatic nitrogens is 2. The maximum atomic E-state index is 13.6. The standard InChI is InChI=1S/C29H29FN4O4/c1-4-17-33(29(36)28-24(37-2)11-8-12-25(28)38-3)19-27(35)31-26-18-23(20-9-6-5-7-10-20)32-34(26)22-15-13-21(30)14-16-22/h5-16,18H,4,17,19H2,1-3H3,(H,31,35). The Morgan fingerprint density at radius 3 is 2.21 bits per heavy atom. The molecule has 3 aromatic carbocycles. The van der Waals surface area contributed by atoms with Crippen molar-refractivity contribution in [2.75, 3.05) is 32.6 Å². The fourth-order valence-electron chi connectivity index (χ4n) is 4.10. The fraction of sp³-hybridized carbons (Fsp3) is 0.207. The van der Waals surface area contributed by atoms with Gasteiger partial charge in [-0.15, -0.1) is 0 Å². The monoisotopic (exact) mass is 516 g/mol. The zero-order chi connectivity index (χ0) is 27.1. The number of nitrogens with zero attached hydrogens (tertiary/aromatic N) is 3. The molecule has 1 aromatic heterocycles. The molecule has 1 heterocycles. The maximum Gasteiger partial charge on any atom is 0.261 e. The van der Waals surface area contributed by atoms with Crippen LogP contribution in [0.25, 0.3) is 16.9 Å². The van der Waals surface area contributed by atoms with E-state index in [4.69, 9.17) is 9.47 Å². The number of hydrogen-bond donors (Lipinski definition) is 1. The minimum absolute atomic E-state index is 0.205. The van der Waals surface area contributed by atoms with Gasteiger partial charge in [0.15, 0.2) is 0 Å². The zero-order valence-electron chi connectivity index (χ0n) is 21.5. The topological polar surface area (TPSA) is 85.7 Å². The Morgan fingerprint density at radius 1 is 0.947 bits per heavy atom. The molecular weight excluding hydrogens is 487 g/mol. The minimum Gasteiger partial charge on any atom is -0.496 e. The second-order valence-electron chi connectivity index (χ2n) is 8.48. The number of ether oxygens (including phenoxy) is 2. The lowest BCUT2D eigenvalue weighted by atomic mass is 10.1. The molecule has 0 aliphatic carbocycles. The number of halogens is 1. The summed E-state index contributed by atoms with van der Waals surface area (Å²) < 4.78 is 25.9. The van der Waals surface area contributed by atoms with Crippen molar-refractivity contribution in [2.24, 2.45) is 0 Å². The number of anilines is 1. The van der Waals surface area contributed by atoms with Crippen molar-refractivity contribution in [3.63, 3.8) is 0 Å². The summed E-state index contributed by atoms with van der Waals surface area (Å²) in [6.07, 6.45) is 0.641. The summed E-state index contributed by atoms with van der Waals surface area (Å²) in [6.45, 7) is 2.07. The third kappa shape index (κ3) is 5.83. The van der Waals surface area contributed by atoms with Gasteiger partial charge in [0.25, 0.3) is 5.91 Å². The molecular formula is C29H29FN4O4. The molecule has 38 heavy (non-hydrogen) atoms. The molecule has 0 radical (unpaired) electrons. The summed E-state index contributed by atoms with van der Waals surface area (Å²) >= 11 is 0. The van der Waals surface area contributed by atoms with Gasteiger partial charge in [-0.2, -0.15) is 5.10 Å². The van der Waals surface area contributed by atoms with E-state index in [1.165, 1.54) is 35.9 Å². The van der Waals surface area contributed by atoms with Gasteiger partial charge in [0.2, 0.25) is 5.91 Å². The van der Waals surface area contributed by atoms with Crippen LogP contribution in [0.15, 0.2) is 78.9 Å². The Balaban J connectivity index is 1.63. The van der Waals surface area contributed by atoms with E-state index in [2.05, 4.69) is 10.4 Å². The molecule has 0 bridgehead atoms. The number of carbonyl (C=O) groups excluding carboxylic acids is 2. The van der Waals surface area contributed by atoms with Gasteiger partial charge >= 0.3 is 0 Å². The lowest BCUT2D eigenvalue weighted by molar-refractivity contribution is -0.116. The number of rotatable bonds is 10. The summed E-state index contributed by atoms with van der Waals surface area (Å²) in [5.41, 5.74) is 2.31. The van der Waals surface area contributed by atoms with Crippen LogP contribution in [-0.2, 0) is 4.79 Å². The van der Waals surface area contributed by atoms with Crippen LogP contribution in [0, 0.1) is 5.82 Å². The van der Waals surface area contributed by atoms with Gasteiger partial charge in [-0.3, -0.25) is 9.59 Å². The highest BCUT2D eigenvalue weighted by Gasteiger charge is 2.25. The third-order valence-electron chi connectivity index (χ3n) is 5.87. The number of methoxy groups -OCH3 is 2. The van der Waals surface area contributed by atoms with Crippen molar-refractivity contribution < 1.29 is 23.5 Å². The number of benzene rings is 3. The molecule has 0 aliphatic heterocycles. The van der Waals surface area contributed by atoms with Gasteiger partial charge in [0, 0.05) is 18.2 Å². The molecule has 0 unspecified atom stereocenters. The Hall–Kier alpha value is -4.66. The predicted molar refractivity (Wildman–Crippen MR) is 143 cm³/mol. The van der Waals surface area contributed by atoms with Gasteiger partial charge in [0.1, 0.15) is 35.2 Å². The molecule has 2 amide bonds. The summed E-state index contributed by atoms with van der Waals surface area (Å²) in [4.78, 5) is 28.2. The highest BCUT2D eigenvalue weighted by atomic mass is 19.1. The predicted octanol–water partition coefficient (Wildman–Crippen LogP) is 5.19. The van der Waals surface area contributed by atoms with E-state index in [-0.39, 0.29) is 23.8 Å². The quantitative estimate of drug-likeness (QED) is 0.314. The van der Waals surface area contributed by atoms with Crippen molar-refractivity contribution in [1.29, 1.82) is 0 Å². The summed E-state index contributed by atoms with van der Waals surface area (Å²) in [6, 6.07) is 22.1. The molecule has 9 heteroatoms. The van der Waals surface area contributed by atoms with Crippen molar-refractivity contribution in [1.82, 2.24) is 14.7 Å². The molecule has 4 rings (SSSR count). The van der Waals surface area contributed by atoms with Gasteiger partial charge in [-0.1, -0.05) is 43.3 Å². The van der Waals surface area contributed by atoms with E-state index in [0.717, 1.165) is 5.56 Å². The van der Waals surface area contributed by atoms with Crippen LogP contribution < -0.4 is 14.8 Å². The maximum absolute atomic E-state index is 13.6. The molecule has 0 saturated heterocycles. The zero-order valence-corrected chi connectivity index (χ0v) is 21.5. The molecule has 0 saturated carbocycles. The first-order valence-corrected chi connectivity index (χ1v) is 12.2. The lowest BCUT2D eigenvalue weighted by Gasteiger charge is -2.23. The second kappa shape index (κ2) is 12.1. The SMILES string of the molecule is CCCN(CC(=O)Nc1cc(-c2ccccc2)nn1-c1ccc(F)cc1)C(=O)c1c(OC)cccc1OC. The van der Waals surface area contributed by atoms with Gasteiger partial charge in [0.05, 0.1) is 25.6 Å². The van der Waals surface area contributed by atoms with E-state index in [9.17, 15) is 14.0 Å². The smallest absolute Gasteiger partial charge is 0.261 e. The van der Waals surface area contributed by atoms with Crippen LogP contribution in [0.4, 0.5) is 10.2 Å². The van der Waals surface area contributed by atoms with Crippen LogP contribution in [0.1, 0.15) is 23.7 Å². The van der Waals surface area contributed by atoms with Gasteiger partial charge < -0.3 is 19.7 Å². The largest absolute Gasteiger partial charge is 0.496 e. The van der Waals surface area contributed by atoms with E-state index >= 15 is 0 Å². The molecule has 0 aliphatic rings. The molecule has 1 N–H and O–H groups in total. The Morgan fingerprint density at radius 2 is 1.61 bits per heavy atom. The summed E-state index contributed by atoms with van der Waals surface area (Å²) in [5, 5.41) is 7.52. The van der Waals surface area contributed by atoms with E-state index in [0.29, 0.717) is 41.7 Å². The Kier molecular flexibility index (Phi) is 8.37. The van der Waals surface area contributed by atoms with Crippen LogP contribution in [0.5, 0.6) is 11.5 Å². The normalized spacial score (nSPS) is 10.6. The number of amides is 2. The first kappa shape index (κ1) is 26.4. The lowest BCUT2D eigenvalue weighted by Crippen LogP contribution is -2.39. The molecule has 0 fully saturated rings. The fourth-order valence-corrected chi connectivity index (χ4v) is 4.10. The van der Waals surface area contributed by atoms with Crippen LogP contribution >= 0.6 is 0 Å². The number of hydrogen-bond acceptors (Lipinski definition) is 5. The first-order chi connectivity index (χ1) is 18.4. The molecule has 0 spiro atoms.